The lowest BCUT2D eigenvalue weighted by Gasteiger charge is -2.45. The van der Waals surface area contributed by atoms with E-state index in [1.165, 1.54) is 115 Å². The number of quaternary nitrogens is 1. The van der Waals surface area contributed by atoms with Gasteiger partial charge in [0, 0.05) is 13.1 Å². The van der Waals surface area contributed by atoms with Gasteiger partial charge in [0.1, 0.15) is 0 Å². The third-order valence-corrected chi connectivity index (χ3v) is 5.58. The topological polar surface area (TPSA) is 3.24 Å². The zero-order valence-corrected chi connectivity index (χ0v) is 17.0. The monoisotopic (exact) mass is 346 g/mol. The first kappa shape index (κ1) is 23.2. The largest absolute Gasteiger partial charge is 1.00 e. The minimum Gasteiger partial charge on any atom is -1.00 e. The highest BCUT2D eigenvalue weighted by molar-refractivity contribution is 4.65. The molecule has 1 heterocycles. The second-order valence-electron chi connectivity index (χ2n) is 7.55. The van der Waals surface area contributed by atoms with Gasteiger partial charge in [0.2, 0.25) is 0 Å². The molecule has 23 heavy (non-hydrogen) atoms. The van der Waals surface area contributed by atoms with Crippen molar-refractivity contribution in [2.45, 2.75) is 85.0 Å². The van der Waals surface area contributed by atoms with Crippen LogP contribution in [0.3, 0.4) is 0 Å². The van der Waals surface area contributed by atoms with Crippen LogP contribution in [0.1, 0.15) is 85.0 Å². The lowest BCUT2D eigenvalue weighted by molar-refractivity contribution is -0.932. The first-order valence-electron chi connectivity index (χ1n) is 10.3. The average molecular weight is 347 g/mol. The van der Waals surface area contributed by atoms with Crippen molar-refractivity contribution in [3.8, 4) is 0 Å². The summed E-state index contributed by atoms with van der Waals surface area (Å²) in [6, 6.07) is 0. The number of hydrogen-bond acceptors (Lipinski definition) is 1. The number of piperazine rings is 1. The molecule has 0 N–H and O–H groups in total. The Labute approximate surface area is 153 Å². The predicted octanol–water partition coefficient (Wildman–Crippen LogP) is 2.08. The summed E-state index contributed by atoms with van der Waals surface area (Å²) in [5, 5.41) is 0. The number of rotatable bonds is 13. The smallest absolute Gasteiger partial charge is 0.0916 e. The van der Waals surface area contributed by atoms with Crippen LogP contribution < -0.4 is 12.4 Å². The Bertz CT molecular complexity index is 250. The third-order valence-electron chi connectivity index (χ3n) is 5.58. The highest BCUT2D eigenvalue weighted by atomic mass is 35.5. The predicted molar refractivity (Wildman–Crippen MR) is 99.4 cm³/mol. The van der Waals surface area contributed by atoms with Gasteiger partial charge in [-0.05, 0) is 32.2 Å². The summed E-state index contributed by atoms with van der Waals surface area (Å²) in [6.45, 7) is 16.7. The summed E-state index contributed by atoms with van der Waals surface area (Å²) in [5.41, 5.74) is 0. The summed E-state index contributed by atoms with van der Waals surface area (Å²) in [7, 11) is 0. The molecule has 0 unspecified atom stereocenters. The van der Waals surface area contributed by atoms with Crippen molar-refractivity contribution in [3.63, 3.8) is 0 Å². The Kier molecular flexibility index (Phi) is 14.7. The second kappa shape index (κ2) is 14.5. The highest BCUT2D eigenvalue weighted by Crippen LogP contribution is 2.18. The Hall–Kier alpha value is 0.210. The van der Waals surface area contributed by atoms with Gasteiger partial charge in [-0.1, -0.05) is 59.3 Å². The molecule has 0 aromatic heterocycles. The standard InChI is InChI=1S/C20H43N2.ClH/c1-4-7-10-11-12-13-18-22(17-9-6-3)19-15-21(16-20-22)14-8-5-2;/h4-20H2,1-3H3;1H/q+1;/p-1. The lowest BCUT2D eigenvalue weighted by Crippen LogP contribution is -3.00. The molecule has 1 aliphatic rings. The molecule has 1 rings (SSSR count). The molecule has 0 atom stereocenters. The molecule has 0 aromatic carbocycles. The van der Waals surface area contributed by atoms with E-state index in [2.05, 4.69) is 25.7 Å². The molecule has 3 heteroatoms. The van der Waals surface area contributed by atoms with Crippen molar-refractivity contribution >= 4 is 0 Å². The van der Waals surface area contributed by atoms with E-state index in [-0.39, 0.29) is 12.4 Å². The zero-order valence-electron chi connectivity index (χ0n) is 16.3. The second-order valence-corrected chi connectivity index (χ2v) is 7.55. The van der Waals surface area contributed by atoms with Crippen molar-refractivity contribution in [1.29, 1.82) is 0 Å². The minimum absolute atomic E-state index is 0. The van der Waals surface area contributed by atoms with Crippen LogP contribution in [-0.4, -0.2) is 55.2 Å². The number of hydrogen-bond donors (Lipinski definition) is 0. The Morgan fingerprint density at radius 2 is 1.17 bits per heavy atom. The van der Waals surface area contributed by atoms with Crippen LogP contribution in [0.5, 0.6) is 0 Å². The van der Waals surface area contributed by atoms with Crippen LogP contribution in [-0.2, 0) is 0 Å². The maximum absolute atomic E-state index is 2.72. The van der Waals surface area contributed by atoms with Gasteiger partial charge in [-0.15, -0.1) is 0 Å². The van der Waals surface area contributed by atoms with Crippen LogP contribution in [0.4, 0.5) is 0 Å². The minimum atomic E-state index is 0. The van der Waals surface area contributed by atoms with Crippen molar-refractivity contribution < 1.29 is 16.9 Å². The fourth-order valence-electron chi connectivity index (χ4n) is 3.82. The molecular weight excluding hydrogens is 304 g/mol. The molecule has 0 saturated carbocycles. The van der Waals surface area contributed by atoms with Crippen LogP contribution in [0.15, 0.2) is 0 Å². The van der Waals surface area contributed by atoms with E-state index in [1.54, 1.807) is 0 Å². The summed E-state index contributed by atoms with van der Waals surface area (Å²) in [4.78, 5) is 2.72. The Morgan fingerprint density at radius 1 is 0.652 bits per heavy atom. The van der Waals surface area contributed by atoms with Crippen LogP contribution in [0.25, 0.3) is 0 Å². The normalized spacial score (nSPS) is 17.9. The lowest BCUT2D eigenvalue weighted by atomic mass is 10.1. The van der Waals surface area contributed by atoms with Gasteiger partial charge < -0.3 is 16.9 Å². The van der Waals surface area contributed by atoms with Crippen molar-refractivity contribution in [3.05, 3.63) is 0 Å². The Balaban J connectivity index is 0.00000484. The van der Waals surface area contributed by atoms with Crippen molar-refractivity contribution in [2.75, 3.05) is 45.8 Å². The average Bonchev–Trinajstić information content (AvgIpc) is 2.56. The van der Waals surface area contributed by atoms with Crippen molar-refractivity contribution in [2.24, 2.45) is 0 Å². The van der Waals surface area contributed by atoms with E-state index < -0.39 is 0 Å². The first-order valence-corrected chi connectivity index (χ1v) is 10.3. The van der Waals surface area contributed by atoms with E-state index in [4.69, 9.17) is 0 Å². The fourth-order valence-corrected chi connectivity index (χ4v) is 3.82. The summed E-state index contributed by atoms with van der Waals surface area (Å²) in [5.74, 6) is 0. The molecule has 1 fully saturated rings. The van der Waals surface area contributed by atoms with Gasteiger partial charge in [-0.2, -0.15) is 0 Å². The molecule has 0 bridgehead atoms. The SMILES string of the molecule is CCCCCCCC[N+]1(CCCC)CCN(CCCC)CC1.[Cl-]. The highest BCUT2D eigenvalue weighted by Gasteiger charge is 2.31. The molecule has 140 valence electrons. The van der Waals surface area contributed by atoms with Gasteiger partial charge in [-0.25, -0.2) is 0 Å². The van der Waals surface area contributed by atoms with Gasteiger partial charge in [0.05, 0.1) is 26.2 Å². The summed E-state index contributed by atoms with van der Waals surface area (Å²) < 4.78 is 1.43. The van der Waals surface area contributed by atoms with Crippen LogP contribution in [0.2, 0.25) is 0 Å². The van der Waals surface area contributed by atoms with Gasteiger partial charge >= 0.3 is 0 Å². The quantitative estimate of drug-likeness (QED) is 0.364. The maximum atomic E-state index is 2.72. The fraction of sp³-hybridized carbons (Fsp3) is 1.00. The zero-order chi connectivity index (χ0) is 16.1. The molecule has 2 nitrogen and oxygen atoms in total. The summed E-state index contributed by atoms with van der Waals surface area (Å²) in [6.07, 6.45) is 14.1. The van der Waals surface area contributed by atoms with Gasteiger partial charge in [-0.3, -0.25) is 4.90 Å². The number of nitrogens with zero attached hydrogens (tertiary/aromatic N) is 2. The molecule has 1 saturated heterocycles. The molecule has 0 aromatic rings. The van der Waals surface area contributed by atoms with Crippen LogP contribution in [0, 0.1) is 0 Å². The number of unbranched alkanes of at least 4 members (excludes halogenated alkanes) is 7. The molecular formula is C20H43ClN2. The third kappa shape index (κ3) is 9.94. The molecule has 1 aliphatic heterocycles. The van der Waals surface area contributed by atoms with Crippen molar-refractivity contribution in [1.82, 2.24) is 4.90 Å². The van der Waals surface area contributed by atoms with E-state index >= 15 is 0 Å². The van der Waals surface area contributed by atoms with Gasteiger partial charge in [0.15, 0.2) is 0 Å². The maximum Gasteiger partial charge on any atom is 0.0916 e. The van der Waals surface area contributed by atoms with E-state index in [0.29, 0.717) is 0 Å². The van der Waals surface area contributed by atoms with Gasteiger partial charge in [0.25, 0.3) is 0 Å². The number of halogens is 1. The molecule has 0 spiro atoms. The Morgan fingerprint density at radius 3 is 1.78 bits per heavy atom. The van der Waals surface area contributed by atoms with Crippen LogP contribution >= 0.6 is 0 Å². The molecule has 0 aliphatic carbocycles. The molecule has 0 radical (unpaired) electrons. The van der Waals surface area contributed by atoms with E-state index in [9.17, 15) is 0 Å². The van der Waals surface area contributed by atoms with E-state index in [1.807, 2.05) is 0 Å². The first-order chi connectivity index (χ1) is 10.8. The van der Waals surface area contributed by atoms with E-state index in [0.717, 1.165) is 0 Å². The summed E-state index contributed by atoms with van der Waals surface area (Å²) >= 11 is 0. The molecule has 0 amide bonds.